The molecule has 0 aliphatic carbocycles. The number of methoxy groups -OCH3 is 1. The molecule has 0 fully saturated rings. The number of pyridine rings is 1. The summed E-state index contributed by atoms with van der Waals surface area (Å²) in [6.45, 7) is 0. The van der Waals surface area contributed by atoms with E-state index >= 15 is 0 Å². The quantitative estimate of drug-likeness (QED) is 0.183. The molecule has 1 aromatic heterocycles. The summed E-state index contributed by atoms with van der Waals surface area (Å²) in [5, 5.41) is 29.0. The molecule has 1 aliphatic heterocycles. The van der Waals surface area contributed by atoms with Gasteiger partial charge in [0, 0.05) is 17.1 Å². The maximum absolute atomic E-state index is 12.5. The molecule has 0 atom stereocenters. The largest absolute Gasteiger partial charge is 0.490 e. The van der Waals surface area contributed by atoms with Gasteiger partial charge in [-0.25, -0.2) is 0 Å². The van der Waals surface area contributed by atoms with Gasteiger partial charge in [0.1, 0.15) is 5.82 Å². The van der Waals surface area contributed by atoms with Gasteiger partial charge in [0.25, 0.3) is 17.4 Å². The van der Waals surface area contributed by atoms with Crippen molar-refractivity contribution in [2.45, 2.75) is 0 Å². The van der Waals surface area contributed by atoms with Gasteiger partial charge in [0.05, 0.1) is 23.9 Å². The van der Waals surface area contributed by atoms with Crippen LogP contribution in [0.25, 0.3) is 5.69 Å². The number of hydrogen-bond donors (Lipinski definition) is 5. The van der Waals surface area contributed by atoms with Crippen LogP contribution < -0.4 is 22.1 Å². The van der Waals surface area contributed by atoms with E-state index in [4.69, 9.17) is 15.9 Å². The lowest BCUT2D eigenvalue weighted by atomic mass is 9.78. The molecule has 2 amide bonds. The van der Waals surface area contributed by atoms with Crippen molar-refractivity contribution in [3.8, 4) is 5.69 Å². The third kappa shape index (κ3) is 2.55. The number of ether oxygens (including phenoxy) is 1. The summed E-state index contributed by atoms with van der Waals surface area (Å²) >= 11 is 0. The number of carbonyl (C=O) groups excluding carboxylic acids is 2. The number of nitrogens with zero attached hydrogens (tertiary/aromatic N) is 1. The Morgan fingerprint density at radius 2 is 1.92 bits per heavy atom. The minimum atomic E-state index is -1.95. The van der Waals surface area contributed by atoms with Crippen molar-refractivity contribution in [2.24, 2.45) is 0 Å². The number of benzene rings is 1. The van der Waals surface area contributed by atoms with Gasteiger partial charge in [-0.1, -0.05) is 6.07 Å². The highest BCUT2D eigenvalue weighted by Crippen LogP contribution is 2.23. The van der Waals surface area contributed by atoms with E-state index in [2.05, 4.69) is 0 Å². The average Bonchev–Trinajstić information content (AvgIpc) is 2.87. The predicted molar refractivity (Wildman–Crippen MR) is 91.9 cm³/mol. The molecule has 0 bridgehead atoms. The second-order valence-electron chi connectivity index (χ2n) is 5.46. The summed E-state index contributed by atoms with van der Waals surface area (Å²) in [6, 6.07) is 4.91. The van der Waals surface area contributed by atoms with Crippen molar-refractivity contribution < 1.29 is 24.4 Å². The fourth-order valence-electron chi connectivity index (χ4n) is 2.74. The summed E-state index contributed by atoms with van der Waals surface area (Å²) in [5.74, 6) is -2.06. The van der Waals surface area contributed by atoms with Crippen molar-refractivity contribution in [3.63, 3.8) is 0 Å². The zero-order chi connectivity index (χ0) is 19.2. The van der Waals surface area contributed by atoms with Crippen molar-refractivity contribution in [1.29, 1.82) is 5.41 Å². The van der Waals surface area contributed by atoms with E-state index in [0.717, 1.165) is 10.6 Å². The van der Waals surface area contributed by atoms with E-state index in [1.165, 1.54) is 25.3 Å². The van der Waals surface area contributed by atoms with Gasteiger partial charge >= 0.3 is 7.12 Å². The number of nitrogen functional groups attached to an aromatic ring is 1. The van der Waals surface area contributed by atoms with Crippen LogP contribution in [0, 0.1) is 5.41 Å². The monoisotopic (exact) mass is 356 g/mol. The molecule has 0 spiro atoms. The van der Waals surface area contributed by atoms with Crippen molar-refractivity contribution in [2.75, 3.05) is 12.8 Å². The highest BCUT2D eigenvalue weighted by atomic mass is 16.5. The van der Waals surface area contributed by atoms with E-state index in [0.29, 0.717) is 0 Å². The van der Waals surface area contributed by atoms with Crippen LogP contribution in [0.3, 0.4) is 0 Å². The van der Waals surface area contributed by atoms with Gasteiger partial charge in [0.15, 0.2) is 0 Å². The second kappa shape index (κ2) is 6.13. The molecule has 10 nitrogen and oxygen atoms in total. The standard InChI is InChI=1S/C15H13BN4O6/c1-26-13(18)6-2-3-8(16(24)25)9(4-6)20-10(21)5-7-11(12(20)17)15(23)19-14(7)22/h2-5,18,24-25H,17H2,1H3,(H,19,22,23). The number of hydrogen-bond acceptors (Lipinski definition) is 8. The van der Waals surface area contributed by atoms with Crippen molar-refractivity contribution >= 4 is 36.1 Å². The Morgan fingerprint density at radius 3 is 2.54 bits per heavy atom. The first-order chi connectivity index (χ1) is 12.3. The first-order valence-corrected chi connectivity index (χ1v) is 7.30. The van der Waals surface area contributed by atoms with Gasteiger partial charge in [-0.2, -0.15) is 0 Å². The molecular weight excluding hydrogens is 343 g/mol. The van der Waals surface area contributed by atoms with Crippen LogP contribution in [-0.2, 0) is 4.74 Å². The number of nitrogens with two attached hydrogens (primary N) is 1. The number of imide groups is 1. The maximum Gasteiger partial charge on any atom is 0.490 e. The van der Waals surface area contributed by atoms with E-state index in [-0.39, 0.29) is 39.6 Å². The van der Waals surface area contributed by atoms with E-state index in [9.17, 15) is 24.4 Å². The topological polar surface area (TPSA) is 168 Å². The molecule has 1 aromatic carbocycles. The maximum atomic E-state index is 12.5. The molecule has 1 aliphatic rings. The molecule has 2 heterocycles. The minimum Gasteiger partial charge on any atom is -0.481 e. The number of amides is 2. The van der Waals surface area contributed by atoms with Gasteiger partial charge in [-0.3, -0.25) is 29.7 Å². The molecule has 132 valence electrons. The van der Waals surface area contributed by atoms with Crippen molar-refractivity contribution in [1.82, 2.24) is 9.88 Å². The Kier molecular flexibility index (Phi) is 4.10. The number of anilines is 1. The van der Waals surface area contributed by atoms with Crippen LogP contribution in [0.4, 0.5) is 5.82 Å². The molecule has 0 radical (unpaired) electrons. The number of fused-ring (bicyclic) bond motifs is 1. The Morgan fingerprint density at radius 1 is 1.23 bits per heavy atom. The third-order valence-corrected chi connectivity index (χ3v) is 3.97. The first kappa shape index (κ1) is 17.4. The SMILES string of the molecule is COC(=N)c1ccc(B(O)O)c(-n2c(N)c3c(cc2=O)C(=O)NC3=O)c1. The number of nitrogens with one attached hydrogen (secondary N) is 2. The lowest BCUT2D eigenvalue weighted by Gasteiger charge is -2.17. The first-order valence-electron chi connectivity index (χ1n) is 7.30. The molecule has 2 aromatic rings. The Bertz CT molecular complexity index is 1030. The second-order valence-corrected chi connectivity index (χ2v) is 5.46. The lowest BCUT2D eigenvalue weighted by Crippen LogP contribution is -2.37. The van der Waals surface area contributed by atoms with Crippen molar-refractivity contribution in [3.05, 3.63) is 51.3 Å². The lowest BCUT2D eigenvalue weighted by molar-refractivity contribution is 0.0880. The molecule has 3 rings (SSSR count). The molecule has 0 unspecified atom stereocenters. The van der Waals surface area contributed by atoms with Gasteiger partial charge < -0.3 is 20.5 Å². The van der Waals surface area contributed by atoms with Crippen LogP contribution in [0.15, 0.2) is 29.1 Å². The molecule has 6 N–H and O–H groups in total. The summed E-state index contributed by atoms with van der Waals surface area (Å²) in [6.07, 6.45) is 0. The fourth-order valence-corrected chi connectivity index (χ4v) is 2.74. The van der Waals surface area contributed by atoms with Crippen LogP contribution in [-0.4, -0.2) is 46.6 Å². The zero-order valence-electron chi connectivity index (χ0n) is 13.4. The Labute approximate surface area is 146 Å². The molecule has 0 saturated carbocycles. The normalized spacial score (nSPS) is 12.6. The third-order valence-electron chi connectivity index (χ3n) is 3.97. The summed E-state index contributed by atoms with van der Waals surface area (Å²) in [4.78, 5) is 36.2. The summed E-state index contributed by atoms with van der Waals surface area (Å²) in [7, 11) is -0.673. The van der Waals surface area contributed by atoms with Crippen LogP contribution in [0.1, 0.15) is 26.3 Å². The summed E-state index contributed by atoms with van der Waals surface area (Å²) < 4.78 is 5.70. The highest BCUT2D eigenvalue weighted by Gasteiger charge is 2.32. The Hall–Kier alpha value is -3.44. The number of carbonyl (C=O) groups is 2. The molecule has 11 heteroatoms. The van der Waals surface area contributed by atoms with Crippen LogP contribution in [0.2, 0.25) is 0 Å². The van der Waals surface area contributed by atoms with Crippen LogP contribution >= 0.6 is 0 Å². The van der Waals surface area contributed by atoms with E-state index in [1.807, 2.05) is 5.32 Å². The van der Waals surface area contributed by atoms with E-state index in [1.54, 1.807) is 0 Å². The number of rotatable bonds is 3. The Balaban J connectivity index is 2.35. The smallest absolute Gasteiger partial charge is 0.481 e. The van der Waals surface area contributed by atoms with Gasteiger partial charge in [-0.05, 0) is 12.1 Å². The minimum absolute atomic E-state index is 0.0586. The fraction of sp³-hybridized carbons (Fsp3) is 0.0667. The zero-order valence-corrected chi connectivity index (χ0v) is 13.4. The van der Waals surface area contributed by atoms with Gasteiger partial charge in [-0.15, -0.1) is 0 Å². The molecular formula is C15H13BN4O6. The average molecular weight is 356 g/mol. The predicted octanol–water partition coefficient (Wildman–Crippen LogP) is -2.05. The molecule has 26 heavy (non-hydrogen) atoms. The highest BCUT2D eigenvalue weighted by molar-refractivity contribution is 6.60. The van der Waals surface area contributed by atoms with E-state index < -0.39 is 24.5 Å². The van der Waals surface area contributed by atoms with Gasteiger partial charge in [0.2, 0.25) is 5.90 Å². The van der Waals surface area contributed by atoms with Crippen LogP contribution in [0.5, 0.6) is 0 Å². The molecule has 0 saturated heterocycles. The summed E-state index contributed by atoms with van der Waals surface area (Å²) in [5.41, 5.74) is 4.95. The number of aromatic nitrogens is 1.